The zero-order chi connectivity index (χ0) is 15.1. The van der Waals surface area contributed by atoms with Crippen LogP contribution in [0.1, 0.15) is 42.9 Å². The standard InChI is InChI=1S/C18H24N2O2/c21-17(12-5-8-19-9-6-12)15-3-4-16-14(11-15)7-10-20(16)18(22)13-1-2-13/h3-4,11-13,17,19,21H,1-2,5-10H2. The van der Waals surface area contributed by atoms with Gasteiger partial charge in [0.1, 0.15) is 0 Å². The number of carbonyl (C=O) groups excluding carboxylic acids is 1. The van der Waals surface area contributed by atoms with E-state index >= 15 is 0 Å². The highest BCUT2D eigenvalue weighted by molar-refractivity contribution is 5.98. The first-order valence-electron chi connectivity index (χ1n) is 8.57. The van der Waals surface area contributed by atoms with Crippen molar-refractivity contribution in [2.45, 2.75) is 38.2 Å². The van der Waals surface area contributed by atoms with Crippen molar-refractivity contribution in [3.63, 3.8) is 0 Å². The van der Waals surface area contributed by atoms with Gasteiger partial charge in [-0.05, 0) is 68.3 Å². The summed E-state index contributed by atoms with van der Waals surface area (Å²) in [5.74, 6) is 0.918. The monoisotopic (exact) mass is 300 g/mol. The molecule has 1 aromatic carbocycles. The first-order valence-corrected chi connectivity index (χ1v) is 8.57. The number of hydrogen-bond acceptors (Lipinski definition) is 3. The lowest BCUT2D eigenvalue weighted by Gasteiger charge is -2.28. The highest BCUT2D eigenvalue weighted by Crippen LogP contribution is 2.38. The van der Waals surface area contributed by atoms with Gasteiger partial charge < -0.3 is 15.3 Å². The SMILES string of the molecule is O=C(C1CC1)N1CCc2cc(C(O)C3CCNCC3)ccc21. The molecule has 1 amide bonds. The number of nitrogens with one attached hydrogen (secondary N) is 1. The summed E-state index contributed by atoms with van der Waals surface area (Å²) in [5, 5.41) is 14.0. The molecule has 0 aromatic heterocycles. The molecule has 1 saturated carbocycles. The Bertz CT molecular complexity index is 576. The average Bonchev–Trinajstić information content (AvgIpc) is 3.33. The van der Waals surface area contributed by atoms with Crippen molar-refractivity contribution in [3.05, 3.63) is 29.3 Å². The normalized spacial score (nSPS) is 23.4. The Kier molecular flexibility index (Phi) is 3.66. The Morgan fingerprint density at radius 2 is 2.00 bits per heavy atom. The molecule has 1 saturated heterocycles. The summed E-state index contributed by atoms with van der Waals surface area (Å²) in [4.78, 5) is 14.3. The van der Waals surface area contributed by atoms with E-state index in [0.29, 0.717) is 11.8 Å². The van der Waals surface area contributed by atoms with Gasteiger partial charge in [-0.2, -0.15) is 0 Å². The molecule has 2 fully saturated rings. The third kappa shape index (κ3) is 2.55. The lowest BCUT2D eigenvalue weighted by Crippen LogP contribution is -2.31. The summed E-state index contributed by atoms with van der Waals surface area (Å²) >= 11 is 0. The number of aliphatic hydroxyl groups is 1. The molecule has 1 aliphatic carbocycles. The summed E-state index contributed by atoms with van der Waals surface area (Å²) in [6.45, 7) is 2.80. The van der Waals surface area contributed by atoms with E-state index in [1.165, 1.54) is 5.56 Å². The van der Waals surface area contributed by atoms with Crippen LogP contribution in [0.5, 0.6) is 0 Å². The van der Waals surface area contributed by atoms with Gasteiger partial charge in [-0.15, -0.1) is 0 Å². The van der Waals surface area contributed by atoms with Gasteiger partial charge >= 0.3 is 0 Å². The Balaban J connectivity index is 1.53. The molecule has 1 atom stereocenters. The van der Waals surface area contributed by atoms with Crippen LogP contribution >= 0.6 is 0 Å². The smallest absolute Gasteiger partial charge is 0.230 e. The number of anilines is 1. The topological polar surface area (TPSA) is 52.6 Å². The fourth-order valence-corrected chi connectivity index (χ4v) is 3.82. The van der Waals surface area contributed by atoms with Gasteiger partial charge in [0.25, 0.3) is 0 Å². The Labute approximate surface area is 131 Å². The minimum atomic E-state index is -0.374. The summed E-state index contributed by atoms with van der Waals surface area (Å²) < 4.78 is 0. The molecule has 0 radical (unpaired) electrons. The van der Waals surface area contributed by atoms with E-state index in [9.17, 15) is 9.90 Å². The quantitative estimate of drug-likeness (QED) is 0.898. The molecule has 118 valence electrons. The van der Waals surface area contributed by atoms with Crippen LogP contribution in [0.3, 0.4) is 0 Å². The second-order valence-electron chi connectivity index (χ2n) is 6.93. The number of nitrogens with zero attached hydrogens (tertiary/aromatic N) is 1. The van der Waals surface area contributed by atoms with E-state index in [-0.39, 0.29) is 12.0 Å². The number of amides is 1. The van der Waals surface area contributed by atoms with Crippen LogP contribution in [-0.4, -0.2) is 30.6 Å². The predicted molar refractivity (Wildman–Crippen MR) is 85.8 cm³/mol. The van der Waals surface area contributed by atoms with Gasteiger partial charge in [0.05, 0.1) is 6.10 Å². The summed E-state index contributed by atoms with van der Waals surface area (Å²) in [7, 11) is 0. The maximum Gasteiger partial charge on any atom is 0.230 e. The molecule has 1 unspecified atom stereocenters. The summed E-state index contributed by atoms with van der Waals surface area (Å²) in [6.07, 6.45) is 4.71. The van der Waals surface area contributed by atoms with Crippen LogP contribution in [0.4, 0.5) is 5.69 Å². The third-order valence-corrected chi connectivity index (χ3v) is 5.36. The van der Waals surface area contributed by atoms with Crippen LogP contribution in [0.2, 0.25) is 0 Å². The highest BCUT2D eigenvalue weighted by Gasteiger charge is 2.36. The van der Waals surface area contributed by atoms with Crippen molar-refractivity contribution < 1.29 is 9.90 Å². The zero-order valence-corrected chi connectivity index (χ0v) is 12.9. The number of carbonyl (C=O) groups is 1. The van der Waals surface area contributed by atoms with Crippen molar-refractivity contribution in [1.82, 2.24) is 5.32 Å². The average molecular weight is 300 g/mol. The maximum absolute atomic E-state index is 12.3. The highest BCUT2D eigenvalue weighted by atomic mass is 16.3. The van der Waals surface area contributed by atoms with E-state index < -0.39 is 0 Å². The summed E-state index contributed by atoms with van der Waals surface area (Å²) in [6, 6.07) is 6.19. The van der Waals surface area contributed by atoms with Crippen molar-refractivity contribution in [1.29, 1.82) is 0 Å². The minimum Gasteiger partial charge on any atom is -0.388 e. The Morgan fingerprint density at radius 3 is 2.73 bits per heavy atom. The van der Waals surface area contributed by atoms with Gasteiger partial charge in [0.15, 0.2) is 0 Å². The number of aliphatic hydroxyl groups excluding tert-OH is 1. The number of benzene rings is 1. The fraction of sp³-hybridized carbons (Fsp3) is 0.611. The van der Waals surface area contributed by atoms with Crippen LogP contribution < -0.4 is 10.2 Å². The molecule has 2 N–H and O–H groups in total. The van der Waals surface area contributed by atoms with Crippen molar-refractivity contribution >= 4 is 11.6 Å². The molecule has 2 heterocycles. The van der Waals surface area contributed by atoms with Crippen molar-refractivity contribution in [2.75, 3.05) is 24.5 Å². The second kappa shape index (κ2) is 5.67. The zero-order valence-electron chi connectivity index (χ0n) is 12.9. The lowest BCUT2D eigenvalue weighted by atomic mass is 9.87. The van der Waals surface area contributed by atoms with Crippen LogP contribution in [-0.2, 0) is 11.2 Å². The van der Waals surface area contributed by atoms with Crippen LogP contribution in [0.25, 0.3) is 0 Å². The first-order chi connectivity index (χ1) is 10.7. The molecule has 4 rings (SSSR count). The van der Waals surface area contributed by atoms with E-state index in [1.807, 2.05) is 17.0 Å². The Morgan fingerprint density at radius 1 is 1.23 bits per heavy atom. The molecule has 4 heteroatoms. The van der Waals surface area contributed by atoms with Crippen molar-refractivity contribution in [3.8, 4) is 0 Å². The molecule has 0 spiro atoms. The van der Waals surface area contributed by atoms with E-state index in [1.54, 1.807) is 0 Å². The van der Waals surface area contributed by atoms with Gasteiger partial charge in [0.2, 0.25) is 5.91 Å². The molecule has 0 bridgehead atoms. The molecule has 1 aromatic rings. The minimum absolute atomic E-state index is 0.269. The molecule has 22 heavy (non-hydrogen) atoms. The van der Waals surface area contributed by atoms with Gasteiger partial charge in [-0.1, -0.05) is 12.1 Å². The molecule has 3 aliphatic rings. The van der Waals surface area contributed by atoms with Gasteiger partial charge in [0, 0.05) is 18.2 Å². The van der Waals surface area contributed by atoms with Crippen LogP contribution in [0, 0.1) is 11.8 Å². The van der Waals surface area contributed by atoms with Gasteiger partial charge in [-0.25, -0.2) is 0 Å². The van der Waals surface area contributed by atoms with E-state index in [4.69, 9.17) is 0 Å². The second-order valence-corrected chi connectivity index (χ2v) is 6.93. The maximum atomic E-state index is 12.3. The molecule has 2 aliphatic heterocycles. The number of fused-ring (bicyclic) bond motifs is 1. The first kappa shape index (κ1) is 14.2. The number of piperidine rings is 1. The third-order valence-electron chi connectivity index (χ3n) is 5.36. The largest absolute Gasteiger partial charge is 0.388 e. The molecule has 4 nitrogen and oxygen atoms in total. The lowest BCUT2D eigenvalue weighted by molar-refractivity contribution is -0.119. The Hall–Kier alpha value is -1.39. The predicted octanol–water partition coefficient (Wildman–Crippen LogP) is 2.02. The van der Waals surface area contributed by atoms with Gasteiger partial charge in [-0.3, -0.25) is 4.79 Å². The van der Waals surface area contributed by atoms with Crippen molar-refractivity contribution in [2.24, 2.45) is 11.8 Å². The van der Waals surface area contributed by atoms with E-state index in [2.05, 4.69) is 11.4 Å². The molecular weight excluding hydrogens is 276 g/mol. The number of hydrogen-bond donors (Lipinski definition) is 2. The number of rotatable bonds is 3. The fourth-order valence-electron chi connectivity index (χ4n) is 3.82. The molecular formula is C18H24N2O2. The van der Waals surface area contributed by atoms with E-state index in [0.717, 1.165) is 63.0 Å². The van der Waals surface area contributed by atoms with Crippen LogP contribution in [0.15, 0.2) is 18.2 Å². The summed E-state index contributed by atoms with van der Waals surface area (Å²) in [5.41, 5.74) is 3.31.